The van der Waals surface area contributed by atoms with Crippen LogP contribution in [0.5, 0.6) is 0 Å². The van der Waals surface area contributed by atoms with Gasteiger partial charge in [0, 0.05) is 52.7 Å². The molecule has 1 aliphatic heterocycles. The van der Waals surface area contributed by atoms with E-state index in [2.05, 4.69) is 10.3 Å². The summed E-state index contributed by atoms with van der Waals surface area (Å²) in [4.78, 5) is 33.1. The summed E-state index contributed by atoms with van der Waals surface area (Å²) in [5.74, 6) is 0.494. The first kappa shape index (κ1) is 19.1. The number of carbonyl (C=O) groups excluding carboxylic acids is 1. The van der Waals surface area contributed by atoms with E-state index in [1.165, 1.54) is 0 Å². The Hall–Kier alpha value is -2.67. The van der Waals surface area contributed by atoms with Gasteiger partial charge in [0.05, 0.1) is 0 Å². The van der Waals surface area contributed by atoms with Gasteiger partial charge in [-0.25, -0.2) is 4.98 Å². The van der Waals surface area contributed by atoms with Crippen molar-refractivity contribution in [3.63, 3.8) is 0 Å². The number of rotatable bonds is 5. The zero-order valence-corrected chi connectivity index (χ0v) is 16.1. The lowest BCUT2D eigenvalue weighted by Gasteiger charge is -2.36. The molecule has 1 fully saturated rings. The first-order valence-corrected chi connectivity index (χ1v) is 9.26. The molecule has 1 aliphatic rings. The van der Waals surface area contributed by atoms with Gasteiger partial charge in [0.2, 0.25) is 5.91 Å². The molecule has 2 atom stereocenters. The molecule has 1 N–H and O–H groups in total. The number of anilines is 1. The minimum absolute atomic E-state index is 0.0204. The number of nitrogens with zero attached hydrogens (tertiary/aromatic N) is 4. The molecule has 0 radical (unpaired) electrons. The second-order valence-electron chi connectivity index (χ2n) is 7.20. The van der Waals surface area contributed by atoms with E-state index in [1.54, 1.807) is 43.0 Å². The number of hydrogen-bond donors (Lipinski definition) is 1. The van der Waals surface area contributed by atoms with Gasteiger partial charge in [0.25, 0.3) is 5.56 Å². The number of benzene rings is 1. The molecule has 0 saturated carbocycles. The van der Waals surface area contributed by atoms with Gasteiger partial charge in [-0.15, -0.1) is 0 Å². The highest BCUT2D eigenvalue weighted by Gasteiger charge is 2.29. The van der Waals surface area contributed by atoms with Crippen molar-refractivity contribution in [2.45, 2.75) is 24.9 Å². The molecule has 0 spiro atoms. The second kappa shape index (κ2) is 8.35. The Kier molecular flexibility index (Phi) is 5.91. The van der Waals surface area contributed by atoms with Crippen LogP contribution in [0.4, 0.5) is 5.82 Å². The van der Waals surface area contributed by atoms with Crippen molar-refractivity contribution in [1.29, 1.82) is 0 Å². The first-order chi connectivity index (χ1) is 13.0. The van der Waals surface area contributed by atoms with Crippen LogP contribution >= 0.6 is 0 Å². The van der Waals surface area contributed by atoms with Gasteiger partial charge in [0.1, 0.15) is 6.04 Å². The topological polar surface area (TPSA) is 70.5 Å². The number of hydrogen-bond acceptors (Lipinski definition) is 5. The zero-order valence-electron chi connectivity index (χ0n) is 16.1. The fourth-order valence-electron chi connectivity index (χ4n) is 3.46. The average Bonchev–Trinajstić information content (AvgIpc) is 2.68. The second-order valence-corrected chi connectivity index (χ2v) is 7.20. The standard InChI is InChI=1S/C20H27N5O2/c1-23(2)19(26)17(15-8-5-4-6-9-15)22-16-10-7-12-25(14-16)18-20(27)24(3)13-11-21-18/h4-6,8-9,11,13,16-17,22H,7,10,12,14H2,1-3H3/t16-,17+/m1/s1. The van der Waals surface area contributed by atoms with E-state index in [0.717, 1.165) is 24.9 Å². The molecule has 27 heavy (non-hydrogen) atoms. The molecule has 3 rings (SSSR count). The molecule has 1 aromatic heterocycles. The molecule has 1 saturated heterocycles. The van der Waals surface area contributed by atoms with E-state index in [-0.39, 0.29) is 17.5 Å². The summed E-state index contributed by atoms with van der Waals surface area (Å²) in [5, 5.41) is 3.52. The number of aryl methyl sites for hydroxylation is 1. The minimum atomic E-state index is -0.405. The number of likely N-dealkylation sites (N-methyl/N-ethyl adjacent to an activating group) is 1. The van der Waals surface area contributed by atoms with Crippen molar-refractivity contribution in [2.75, 3.05) is 32.1 Å². The highest BCUT2D eigenvalue weighted by Crippen LogP contribution is 2.20. The Labute approximate surface area is 159 Å². The van der Waals surface area contributed by atoms with Crippen LogP contribution in [0.1, 0.15) is 24.4 Å². The molecule has 7 heteroatoms. The van der Waals surface area contributed by atoms with Crippen molar-refractivity contribution < 1.29 is 4.79 Å². The molecule has 2 heterocycles. The molecule has 2 aromatic rings. The highest BCUT2D eigenvalue weighted by atomic mass is 16.2. The lowest BCUT2D eigenvalue weighted by atomic mass is 10.0. The van der Waals surface area contributed by atoms with Crippen LogP contribution < -0.4 is 15.8 Å². The summed E-state index contributed by atoms with van der Waals surface area (Å²) in [6.45, 7) is 1.44. The van der Waals surface area contributed by atoms with Crippen LogP contribution in [0.3, 0.4) is 0 Å². The molecule has 0 bridgehead atoms. The maximum atomic E-state index is 12.8. The van der Waals surface area contributed by atoms with Gasteiger partial charge >= 0.3 is 0 Å². The Morgan fingerprint density at radius 1 is 1.30 bits per heavy atom. The van der Waals surface area contributed by atoms with E-state index in [1.807, 2.05) is 35.2 Å². The molecular weight excluding hydrogens is 342 g/mol. The smallest absolute Gasteiger partial charge is 0.293 e. The molecular formula is C20H27N5O2. The molecule has 0 unspecified atom stereocenters. The van der Waals surface area contributed by atoms with Crippen LogP contribution in [0.2, 0.25) is 0 Å². The van der Waals surface area contributed by atoms with Gasteiger partial charge in [0.15, 0.2) is 5.82 Å². The Morgan fingerprint density at radius 2 is 2.04 bits per heavy atom. The summed E-state index contributed by atoms with van der Waals surface area (Å²) < 4.78 is 1.54. The first-order valence-electron chi connectivity index (χ1n) is 9.26. The lowest BCUT2D eigenvalue weighted by Crippen LogP contribution is -2.51. The average molecular weight is 369 g/mol. The molecule has 144 valence electrons. The minimum Gasteiger partial charge on any atom is -0.350 e. The normalized spacial score (nSPS) is 18.2. The summed E-state index contributed by atoms with van der Waals surface area (Å²) in [6, 6.07) is 9.45. The van der Waals surface area contributed by atoms with Crippen LogP contribution in [-0.2, 0) is 11.8 Å². The summed E-state index contributed by atoms with van der Waals surface area (Å²) in [7, 11) is 5.27. The van der Waals surface area contributed by atoms with Crippen molar-refractivity contribution in [1.82, 2.24) is 19.8 Å². The van der Waals surface area contributed by atoms with Crippen molar-refractivity contribution >= 4 is 11.7 Å². The largest absolute Gasteiger partial charge is 0.350 e. The third kappa shape index (κ3) is 4.36. The van der Waals surface area contributed by atoms with Crippen LogP contribution in [0.15, 0.2) is 47.5 Å². The molecule has 0 aliphatic carbocycles. The van der Waals surface area contributed by atoms with Gasteiger partial charge in [-0.2, -0.15) is 0 Å². The molecule has 1 aromatic carbocycles. The van der Waals surface area contributed by atoms with Gasteiger partial charge in [-0.05, 0) is 18.4 Å². The lowest BCUT2D eigenvalue weighted by molar-refractivity contribution is -0.131. The summed E-state index contributed by atoms with van der Waals surface area (Å²) >= 11 is 0. The van der Waals surface area contributed by atoms with E-state index in [0.29, 0.717) is 12.4 Å². The third-order valence-electron chi connectivity index (χ3n) is 4.94. The Bertz CT molecular complexity index is 834. The third-order valence-corrected chi connectivity index (χ3v) is 4.94. The van der Waals surface area contributed by atoms with E-state index >= 15 is 0 Å². The summed E-state index contributed by atoms with van der Waals surface area (Å²) in [5.41, 5.74) is 0.851. The van der Waals surface area contributed by atoms with Crippen LogP contribution in [0, 0.1) is 0 Å². The number of aromatic nitrogens is 2. The zero-order chi connectivity index (χ0) is 19.4. The fraction of sp³-hybridized carbons (Fsp3) is 0.450. The van der Waals surface area contributed by atoms with Gasteiger partial charge < -0.3 is 14.4 Å². The molecule has 1 amide bonds. The Balaban J connectivity index is 1.79. The quantitative estimate of drug-likeness (QED) is 0.857. The predicted octanol–water partition coefficient (Wildman–Crippen LogP) is 1.17. The number of amides is 1. The van der Waals surface area contributed by atoms with E-state index in [9.17, 15) is 9.59 Å². The Morgan fingerprint density at radius 3 is 2.74 bits per heavy atom. The predicted molar refractivity (Wildman–Crippen MR) is 106 cm³/mol. The van der Waals surface area contributed by atoms with Gasteiger partial charge in [-0.3, -0.25) is 14.9 Å². The number of carbonyl (C=O) groups is 1. The van der Waals surface area contributed by atoms with Crippen molar-refractivity contribution in [3.8, 4) is 0 Å². The maximum Gasteiger partial charge on any atom is 0.293 e. The number of piperidine rings is 1. The van der Waals surface area contributed by atoms with Gasteiger partial charge in [-0.1, -0.05) is 30.3 Å². The SMILES string of the molecule is CN(C)C(=O)[C@@H](N[C@@H]1CCCN(c2nccn(C)c2=O)C1)c1ccccc1. The van der Waals surface area contributed by atoms with Crippen molar-refractivity contribution in [3.05, 3.63) is 58.6 Å². The fourth-order valence-corrected chi connectivity index (χ4v) is 3.46. The van der Waals surface area contributed by atoms with Crippen LogP contribution in [0.25, 0.3) is 0 Å². The monoisotopic (exact) mass is 369 g/mol. The van der Waals surface area contributed by atoms with E-state index in [4.69, 9.17) is 0 Å². The highest BCUT2D eigenvalue weighted by molar-refractivity contribution is 5.82. The van der Waals surface area contributed by atoms with Crippen molar-refractivity contribution in [2.24, 2.45) is 7.05 Å². The number of nitrogens with one attached hydrogen (secondary N) is 1. The van der Waals surface area contributed by atoms with E-state index < -0.39 is 6.04 Å². The van der Waals surface area contributed by atoms with Crippen LogP contribution in [-0.4, -0.2) is 53.6 Å². The summed E-state index contributed by atoms with van der Waals surface area (Å²) in [6.07, 6.45) is 5.20. The maximum absolute atomic E-state index is 12.8. The molecule has 7 nitrogen and oxygen atoms in total.